The third kappa shape index (κ3) is 3.10. The van der Waals surface area contributed by atoms with Crippen LogP contribution in [0.4, 0.5) is 0 Å². The largest absolute Gasteiger partial charge is 0.294 e. The minimum atomic E-state index is 0.119. The second-order valence-corrected chi connectivity index (χ2v) is 5.23. The maximum absolute atomic E-state index is 12.5. The van der Waals surface area contributed by atoms with Crippen molar-refractivity contribution in [1.29, 1.82) is 0 Å². The number of hydrogen-bond acceptors (Lipinski definition) is 3. The van der Waals surface area contributed by atoms with Gasteiger partial charge in [-0.05, 0) is 44.4 Å². The summed E-state index contributed by atoms with van der Waals surface area (Å²) in [4.78, 5) is 12.5. The highest BCUT2D eigenvalue weighted by molar-refractivity contribution is 5.98. The molecular formula is C17H20N2O. The molecule has 0 saturated carbocycles. The van der Waals surface area contributed by atoms with E-state index in [1.807, 2.05) is 33.8 Å². The topological polar surface area (TPSA) is 42.9 Å². The van der Waals surface area contributed by atoms with Gasteiger partial charge in [-0.1, -0.05) is 30.7 Å². The van der Waals surface area contributed by atoms with Crippen molar-refractivity contribution in [3.8, 4) is 0 Å². The van der Waals surface area contributed by atoms with Gasteiger partial charge in [-0.25, -0.2) is 0 Å². The van der Waals surface area contributed by atoms with Gasteiger partial charge in [-0.2, -0.15) is 10.2 Å². The highest BCUT2D eigenvalue weighted by atomic mass is 16.1. The third-order valence-corrected chi connectivity index (χ3v) is 3.48. The van der Waals surface area contributed by atoms with Crippen molar-refractivity contribution in [2.45, 2.75) is 40.5 Å². The lowest BCUT2D eigenvalue weighted by Gasteiger charge is -2.09. The lowest BCUT2D eigenvalue weighted by molar-refractivity contribution is 0.0991. The zero-order chi connectivity index (χ0) is 14.7. The Hall–Kier alpha value is -2.03. The van der Waals surface area contributed by atoms with Crippen molar-refractivity contribution >= 4 is 5.78 Å². The van der Waals surface area contributed by atoms with Crippen LogP contribution in [-0.4, -0.2) is 16.0 Å². The molecule has 0 unspecified atom stereocenters. The predicted octanol–water partition coefficient (Wildman–Crippen LogP) is 3.39. The number of rotatable bonds is 4. The van der Waals surface area contributed by atoms with E-state index in [9.17, 15) is 4.79 Å². The van der Waals surface area contributed by atoms with Crippen LogP contribution in [0.15, 0.2) is 24.3 Å². The Kier molecular flexibility index (Phi) is 4.28. The average molecular weight is 268 g/mol. The van der Waals surface area contributed by atoms with E-state index in [0.717, 1.165) is 28.9 Å². The van der Waals surface area contributed by atoms with Gasteiger partial charge in [0, 0.05) is 12.0 Å². The van der Waals surface area contributed by atoms with Crippen LogP contribution in [0.1, 0.15) is 45.4 Å². The maximum Gasteiger partial charge on any atom is 0.169 e. The maximum atomic E-state index is 12.5. The summed E-state index contributed by atoms with van der Waals surface area (Å²) in [5.41, 5.74) is 5.70. The summed E-state index contributed by atoms with van der Waals surface area (Å²) < 4.78 is 0. The summed E-state index contributed by atoms with van der Waals surface area (Å²) in [5, 5.41) is 8.16. The number of ketones is 1. The van der Waals surface area contributed by atoms with E-state index in [2.05, 4.69) is 28.4 Å². The van der Waals surface area contributed by atoms with E-state index in [1.54, 1.807) is 0 Å². The number of Topliss-reactive ketones (excluding diaryl/α,β-unsaturated/α-hetero) is 1. The Balaban J connectivity index is 2.32. The molecule has 0 radical (unpaired) electrons. The first-order valence-electron chi connectivity index (χ1n) is 6.93. The van der Waals surface area contributed by atoms with E-state index >= 15 is 0 Å². The van der Waals surface area contributed by atoms with E-state index in [-0.39, 0.29) is 5.78 Å². The van der Waals surface area contributed by atoms with Gasteiger partial charge in [0.1, 0.15) is 0 Å². The monoisotopic (exact) mass is 268 g/mol. The van der Waals surface area contributed by atoms with Crippen molar-refractivity contribution < 1.29 is 4.79 Å². The van der Waals surface area contributed by atoms with Crippen molar-refractivity contribution in [2.24, 2.45) is 0 Å². The van der Waals surface area contributed by atoms with E-state index in [1.165, 1.54) is 5.56 Å². The molecule has 0 atom stereocenters. The summed E-state index contributed by atoms with van der Waals surface area (Å²) >= 11 is 0. The predicted molar refractivity (Wildman–Crippen MR) is 80.1 cm³/mol. The van der Waals surface area contributed by atoms with Gasteiger partial charge in [0.25, 0.3) is 0 Å². The second-order valence-electron chi connectivity index (χ2n) is 5.23. The summed E-state index contributed by atoms with van der Waals surface area (Å²) in [6.45, 7) is 7.94. The molecule has 20 heavy (non-hydrogen) atoms. The van der Waals surface area contributed by atoms with Crippen LogP contribution in [0.2, 0.25) is 0 Å². The number of aryl methyl sites for hydroxylation is 4. The molecule has 0 fully saturated rings. The molecule has 1 aromatic carbocycles. The zero-order valence-electron chi connectivity index (χ0n) is 12.5. The fraction of sp³-hybridized carbons (Fsp3) is 0.353. The fourth-order valence-corrected chi connectivity index (χ4v) is 2.28. The molecular weight excluding hydrogens is 248 g/mol. The van der Waals surface area contributed by atoms with Gasteiger partial charge < -0.3 is 0 Å². The summed E-state index contributed by atoms with van der Waals surface area (Å²) in [7, 11) is 0. The lowest BCUT2D eigenvalue weighted by Crippen LogP contribution is -2.11. The number of hydrogen-bond donors (Lipinski definition) is 0. The Morgan fingerprint density at radius 2 is 1.85 bits per heavy atom. The van der Waals surface area contributed by atoms with Crippen LogP contribution >= 0.6 is 0 Å². The molecule has 1 aromatic heterocycles. The number of aromatic nitrogens is 2. The molecule has 0 aliphatic carbocycles. The first-order valence-corrected chi connectivity index (χ1v) is 6.93. The lowest BCUT2D eigenvalue weighted by atomic mass is 9.96. The zero-order valence-corrected chi connectivity index (χ0v) is 12.5. The smallest absolute Gasteiger partial charge is 0.169 e. The average Bonchev–Trinajstić information content (AvgIpc) is 2.42. The third-order valence-electron chi connectivity index (χ3n) is 3.48. The highest BCUT2D eigenvalue weighted by Gasteiger charge is 2.14. The van der Waals surface area contributed by atoms with Crippen molar-refractivity contribution in [2.75, 3.05) is 0 Å². The molecule has 0 bridgehead atoms. The molecule has 104 valence electrons. The van der Waals surface area contributed by atoms with Crippen molar-refractivity contribution in [1.82, 2.24) is 10.2 Å². The molecule has 0 aliphatic heterocycles. The normalized spacial score (nSPS) is 10.6. The van der Waals surface area contributed by atoms with Crippen LogP contribution < -0.4 is 0 Å². The van der Waals surface area contributed by atoms with E-state index in [0.29, 0.717) is 12.0 Å². The van der Waals surface area contributed by atoms with Crippen LogP contribution in [0.5, 0.6) is 0 Å². The number of nitrogens with zero attached hydrogens (tertiary/aromatic N) is 2. The quantitative estimate of drug-likeness (QED) is 0.798. The summed E-state index contributed by atoms with van der Waals surface area (Å²) in [6, 6.07) is 8.06. The van der Waals surface area contributed by atoms with E-state index < -0.39 is 0 Å². The highest BCUT2D eigenvalue weighted by Crippen LogP contribution is 2.16. The standard InChI is InChI=1S/C17H20N2O/c1-5-16-15(9-13(4)18-19-16)17(20)10-14-8-11(2)6-7-12(14)3/h6-9H,5,10H2,1-4H3. The van der Waals surface area contributed by atoms with Gasteiger partial charge in [0.05, 0.1) is 11.4 Å². The number of benzene rings is 1. The van der Waals surface area contributed by atoms with Crippen LogP contribution in [0.25, 0.3) is 0 Å². The number of carbonyl (C=O) groups excluding carboxylic acids is 1. The van der Waals surface area contributed by atoms with Crippen LogP contribution in [0.3, 0.4) is 0 Å². The molecule has 3 nitrogen and oxygen atoms in total. The Morgan fingerprint density at radius 3 is 2.55 bits per heavy atom. The minimum absolute atomic E-state index is 0.119. The first kappa shape index (κ1) is 14.4. The molecule has 0 aliphatic rings. The van der Waals surface area contributed by atoms with Gasteiger partial charge in [0.2, 0.25) is 0 Å². The van der Waals surface area contributed by atoms with Gasteiger partial charge in [-0.15, -0.1) is 0 Å². The molecule has 0 amide bonds. The Labute approximate surface area is 120 Å². The van der Waals surface area contributed by atoms with Crippen LogP contribution in [-0.2, 0) is 12.8 Å². The fourth-order valence-electron chi connectivity index (χ4n) is 2.28. The van der Waals surface area contributed by atoms with Crippen molar-refractivity contribution in [3.05, 3.63) is 57.9 Å². The Morgan fingerprint density at radius 1 is 1.10 bits per heavy atom. The SMILES string of the molecule is CCc1nnc(C)cc1C(=O)Cc1cc(C)ccc1C. The van der Waals surface area contributed by atoms with Gasteiger partial charge >= 0.3 is 0 Å². The molecule has 1 heterocycles. The minimum Gasteiger partial charge on any atom is -0.294 e. The van der Waals surface area contributed by atoms with Crippen LogP contribution in [0, 0.1) is 20.8 Å². The number of carbonyl (C=O) groups is 1. The van der Waals surface area contributed by atoms with Gasteiger partial charge in [-0.3, -0.25) is 4.79 Å². The molecule has 2 aromatic rings. The first-order chi connectivity index (χ1) is 9.51. The molecule has 2 rings (SSSR count). The molecule has 3 heteroatoms. The summed E-state index contributed by atoms with van der Waals surface area (Å²) in [5.74, 6) is 0.119. The summed E-state index contributed by atoms with van der Waals surface area (Å²) in [6.07, 6.45) is 1.15. The molecule has 0 saturated heterocycles. The van der Waals surface area contributed by atoms with Crippen molar-refractivity contribution in [3.63, 3.8) is 0 Å². The van der Waals surface area contributed by atoms with E-state index in [4.69, 9.17) is 0 Å². The molecule has 0 N–H and O–H groups in total. The Bertz CT molecular complexity index is 647. The second kappa shape index (κ2) is 5.95. The molecule has 0 spiro atoms. The van der Waals surface area contributed by atoms with Gasteiger partial charge in [0.15, 0.2) is 5.78 Å².